The molecule has 2 fully saturated rings. The molecule has 0 spiro atoms. The van der Waals surface area contributed by atoms with Crippen LogP contribution < -0.4 is 11.1 Å². The summed E-state index contributed by atoms with van der Waals surface area (Å²) in [5.74, 6) is 0.120. The number of nitrogens with one attached hydrogen (secondary N) is 1. The van der Waals surface area contributed by atoms with Crippen molar-refractivity contribution >= 4 is 5.91 Å². The Bertz CT molecular complexity index is 261. The number of amides is 1. The van der Waals surface area contributed by atoms with Crippen LogP contribution in [0.5, 0.6) is 0 Å². The fourth-order valence-corrected chi connectivity index (χ4v) is 3.31. The molecule has 1 aliphatic heterocycles. The Morgan fingerprint density at radius 2 is 1.94 bits per heavy atom. The van der Waals surface area contributed by atoms with E-state index < -0.39 is 0 Å². The topological polar surface area (TPSA) is 58.4 Å². The van der Waals surface area contributed by atoms with Gasteiger partial charge in [-0.15, -0.1) is 0 Å². The molecule has 2 unspecified atom stereocenters. The molecule has 0 bridgehead atoms. The standard InChI is InChI=1S/C13H25N3O/c1-10-9-15-13(17)12(8-14)16(10)11-6-4-2-3-5-7-11/h10-12H,2-9,14H2,1H3,(H,15,17). The number of hydrogen-bond donors (Lipinski definition) is 2. The third kappa shape index (κ3) is 2.80. The SMILES string of the molecule is CC1CNC(=O)C(CN)N1C1CCCCCC1. The summed E-state index contributed by atoms with van der Waals surface area (Å²) in [7, 11) is 0. The molecule has 17 heavy (non-hydrogen) atoms. The zero-order valence-electron chi connectivity index (χ0n) is 10.8. The Labute approximate surface area is 104 Å². The van der Waals surface area contributed by atoms with E-state index in [1.54, 1.807) is 0 Å². The van der Waals surface area contributed by atoms with Crippen molar-refractivity contribution in [3.05, 3.63) is 0 Å². The Balaban J connectivity index is 2.10. The molecule has 1 heterocycles. The molecule has 4 heteroatoms. The average molecular weight is 239 g/mol. The predicted octanol–water partition coefficient (Wildman–Crippen LogP) is 0.857. The van der Waals surface area contributed by atoms with Crippen LogP contribution in [0, 0.1) is 0 Å². The molecule has 1 saturated heterocycles. The molecule has 0 aromatic rings. The normalized spacial score (nSPS) is 33.2. The van der Waals surface area contributed by atoms with E-state index in [9.17, 15) is 4.79 Å². The highest BCUT2D eigenvalue weighted by Gasteiger charge is 2.37. The average Bonchev–Trinajstić information content (AvgIpc) is 2.60. The van der Waals surface area contributed by atoms with E-state index in [1.165, 1.54) is 38.5 Å². The molecule has 1 saturated carbocycles. The van der Waals surface area contributed by atoms with Gasteiger partial charge in [-0.3, -0.25) is 9.69 Å². The van der Waals surface area contributed by atoms with Gasteiger partial charge in [0, 0.05) is 25.2 Å². The second-order valence-corrected chi connectivity index (χ2v) is 5.44. The minimum Gasteiger partial charge on any atom is -0.353 e. The molecule has 0 aromatic carbocycles. The van der Waals surface area contributed by atoms with Gasteiger partial charge in [-0.05, 0) is 19.8 Å². The maximum Gasteiger partial charge on any atom is 0.238 e. The summed E-state index contributed by atoms with van der Waals surface area (Å²) < 4.78 is 0. The van der Waals surface area contributed by atoms with Crippen molar-refractivity contribution in [3.63, 3.8) is 0 Å². The molecule has 3 N–H and O–H groups in total. The summed E-state index contributed by atoms with van der Waals surface area (Å²) in [5.41, 5.74) is 5.79. The third-order valence-electron chi connectivity index (χ3n) is 4.21. The fraction of sp³-hybridized carbons (Fsp3) is 0.923. The van der Waals surface area contributed by atoms with Crippen molar-refractivity contribution in [2.45, 2.75) is 63.6 Å². The van der Waals surface area contributed by atoms with E-state index in [2.05, 4.69) is 17.1 Å². The second-order valence-electron chi connectivity index (χ2n) is 5.44. The maximum absolute atomic E-state index is 11.9. The van der Waals surface area contributed by atoms with Gasteiger partial charge in [-0.2, -0.15) is 0 Å². The van der Waals surface area contributed by atoms with Crippen molar-refractivity contribution in [2.75, 3.05) is 13.1 Å². The van der Waals surface area contributed by atoms with Crippen LogP contribution in [0.2, 0.25) is 0 Å². The number of hydrogen-bond acceptors (Lipinski definition) is 3. The molecule has 2 atom stereocenters. The summed E-state index contributed by atoms with van der Waals surface area (Å²) in [6.45, 7) is 3.41. The van der Waals surface area contributed by atoms with E-state index in [1.807, 2.05) is 0 Å². The molecule has 2 rings (SSSR count). The van der Waals surface area contributed by atoms with Crippen molar-refractivity contribution in [2.24, 2.45) is 5.73 Å². The highest BCUT2D eigenvalue weighted by Crippen LogP contribution is 2.26. The first kappa shape index (κ1) is 12.8. The highest BCUT2D eigenvalue weighted by molar-refractivity contribution is 5.82. The molecular formula is C13H25N3O. The summed E-state index contributed by atoms with van der Waals surface area (Å²) in [6, 6.07) is 0.873. The summed E-state index contributed by atoms with van der Waals surface area (Å²) in [6.07, 6.45) is 7.75. The van der Waals surface area contributed by atoms with Crippen molar-refractivity contribution in [3.8, 4) is 0 Å². The zero-order chi connectivity index (χ0) is 12.3. The molecule has 4 nitrogen and oxygen atoms in total. The number of piperazine rings is 1. The molecule has 1 aliphatic carbocycles. The lowest BCUT2D eigenvalue weighted by Gasteiger charge is -2.44. The number of carbonyl (C=O) groups excluding carboxylic acids is 1. The van der Waals surface area contributed by atoms with Crippen LogP contribution in [-0.4, -0.2) is 42.0 Å². The van der Waals surface area contributed by atoms with Crippen LogP contribution in [0.25, 0.3) is 0 Å². The van der Waals surface area contributed by atoms with E-state index in [4.69, 9.17) is 5.73 Å². The number of carbonyl (C=O) groups is 1. The molecule has 2 aliphatic rings. The first-order chi connectivity index (χ1) is 8.24. The van der Waals surface area contributed by atoms with E-state index >= 15 is 0 Å². The van der Waals surface area contributed by atoms with E-state index in [0.29, 0.717) is 18.6 Å². The van der Waals surface area contributed by atoms with Crippen LogP contribution in [0.15, 0.2) is 0 Å². The predicted molar refractivity (Wildman–Crippen MR) is 68.6 cm³/mol. The Kier molecular flexibility index (Phi) is 4.40. The summed E-state index contributed by atoms with van der Waals surface area (Å²) in [5, 5.41) is 2.96. The minimum absolute atomic E-state index is 0.109. The van der Waals surface area contributed by atoms with Crippen LogP contribution in [0.3, 0.4) is 0 Å². The summed E-state index contributed by atoms with van der Waals surface area (Å²) in [4.78, 5) is 14.3. The van der Waals surface area contributed by atoms with Gasteiger partial charge < -0.3 is 11.1 Å². The molecule has 0 radical (unpaired) electrons. The Hall–Kier alpha value is -0.610. The number of nitrogens with zero attached hydrogens (tertiary/aromatic N) is 1. The first-order valence-electron chi connectivity index (χ1n) is 6.99. The van der Waals surface area contributed by atoms with Crippen LogP contribution in [0.1, 0.15) is 45.4 Å². The van der Waals surface area contributed by atoms with Gasteiger partial charge in [0.1, 0.15) is 6.04 Å². The van der Waals surface area contributed by atoms with E-state index in [0.717, 1.165) is 6.54 Å². The van der Waals surface area contributed by atoms with E-state index in [-0.39, 0.29) is 11.9 Å². The van der Waals surface area contributed by atoms with Crippen LogP contribution in [-0.2, 0) is 4.79 Å². The zero-order valence-corrected chi connectivity index (χ0v) is 10.8. The van der Waals surface area contributed by atoms with Gasteiger partial charge in [0.25, 0.3) is 0 Å². The number of nitrogens with two attached hydrogens (primary N) is 1. The van der Waals surface area contributed by atoms with Gasteiger partial charge in [0.2, 0.25) is 5.91 Å². The highest BCUT2D eigenvalue weighted by atomic mass is 16.2. The monoisotopic (exact) mass is 239 g/mol. The smallest absolute Gasteiger partial charge is 0.238 e. The molecule has 1 amide bonds. The largest absolute Gasteiger partial charge is 0.353 e. The second kappa shape index (κ2) is 5.83. The van der Waals surface area contributed by atoms with Crippen molar-refractivity contribution < 1.29 is 4.79 Å². The quantitative estimate of drug-likeness (QED) is 0.703. The molecule has 98 valence electrons. The fourth-order valence-electron chi connectivity index (χ4n) is 3.31. The van der Waals surface area contributed by atoms with Crippen molar-refractivity contribution in [1.29, 1.82) is 0 Å². The van der Waals surface area contributed by atoms with Gasteiger partial charge in [-0.1, -0.05) is 25.7 Å². The Morgan fingerprint density at radius 1 is 1.29 bits per heavy atom. The number of rotatable bonds is 2. The van der Waals surface area contributed by atoms with Crippen LogP contribution >= 0.6 is 0 Å². The lowest BCUT2D eigenvalue weighted by molar-refractivity contribution is -0.132. The minimum atomic E-state index is -0.109. The van der Waals surface area contributed by atoms with Gasteiger partial charge >= 0.3 is 0 Å². The summed E-state index contributed by atoms with van der Waals surface area (Å²) >= 11 is 0. The lowest BCUT2D eigenvalue weighted by atomic mass is 9.99. The maximum atomic E-state index is 11.9. The van der Waals surface area contributed by atoms with Gasteiger partial charge in [-0.25, -0.2) is 0 Å². The Morgan fingerprint density at radius 3 is 2.53 bits per heavy atom. The third-order valence-corrected chi connectivity index (χ3v) is 4.21. The van der Waals surface area contributed by atoms with Crippen LogP contribution in [0.4, 0.5) is 0 Å². The lowest BCUT2D eigenvalue weighted by Crippen LogP contribution is -2.64. The first-order valence-corrected chi connectivity index (χ1v) is 6.99. The van der Waals surface area contributed by atoms with Gasteiger partial charge in [0.05, 0.1) is 0 Å². The van der Waals surface area contributed by atoms with Gasteiger partial charge in [0.15, 0.2) is 0 Å². The molecular weight excluding hydrogens is 214 g/mol. The van der Waals surface area contributed by atoms with Crippen molar-refractivity contribution in [1.82, 2.24) is 10.2 Å². The molecule has 0 aromatic heterocycles.